The van der Waals surface area contributed by atoms with Crippen LogP contribution in [0.4, 0.5) is 5.69 Å². The molecule has 2 N–H and O–H groups in total. The number of guanidine groups is 1. The van der Waals surface area contributed by atoms with Crippen LogP contribution in [0.2, 0.25) is 5.02 Å². The lowest BCUT2D eigenvalue weighted by atomic mass is 10.2. The zero-order chi connectivity index (χ0) is 20.5. The fourth-order valence-corrected chi connectivity index (χ4v) is 4.30. The van der Waals surface area contributed by atoms with E-state index in [2.05, 4.69) is 47.9 Å². The second-order valence-electron chi connectivity index (χ2n) is 7.20. The van der Waals surface area contributed by atoms with E-state index in [-0.39, 0.29) is 24.0 Å². The highest BCUT2D eigenvalue weighted by atomic mass is 127. The molecule has 0 unspecified atom stereocenters. The highest BCUT2D eigenvalue weighted by Crippen LogP contribution is 2.20. The first-order valence-electron chi connectivity index (χ1n) is 10.2. The molecule has 3 rings (SSSR count). The van der Waals surface area contributed by atoms with E-state index in [1.54, 1.807) is 11.3 Å². The lowest BCUT2D eigenvalue weighted by molar-refractivity contribution is 0.255. The Morgan fingerprint density at radius 3 is 2.63 bits per heavy atom. The van der Waals surface area contributed by atoms with Crippen molar-refractivity contribution in [2.75, 3.05) is 57.8 Å². The van der Waals surface area contributed by atoms with Gasteiger partial charge in [-0.3, -0.25) is 9.89 Å². The Labute approximate surface area is 206 Å². The van der Waals surface area contributed by atoms with E-state index in [0.29, 0.717) is 0 Å². The first-order chi connectivity index (χ1) is 14.1. The number of anilines is 1. The second-order valence-corrected chi connectivity index (χ2v) is 8.69. The number of piperazine rings is 1. The first-order valence-corrected chi connectivity index (χ1v) is 11.5. The van der Waals surface area contributed by atoms with E-state index < -0.39 is 0 Å². The van der Waals surface area contributed by atoms with Gasteiger partial charge in [0.2, 0.25) is 0 Å². The number of aliphatic imine (C=N–C) groups is 1. The lowest BCUT2D eigenvalue weighted by Crippen LogP contribution is -2.47. The summed E-state index contributed by atoms with van der Waals surface area (Å²) in [4.78, 5) is 13.7. The van der Waals surface area contributed by atoms with E-state index in [1.165, 1.54) is 5.69 Å². The van der Waals surface area contributed by atoms with Crippen molar-refractivity contribution >= 4 is 58.6 Å². The average molecular weight is 563 g/mol. The minimum Gasteiger partial charge on any atom is -0.369 e. The Kier molecular flexibility index (Phi) is 11.2. The van der Waals surface area contributed by atoms with E-state index in [4.69, 9.17) is 11.6 Å². The molecule has 1 aromatic heterocycles. The third-order valence-corrected chi connectivity index (χ3v) is 6.11. The summed E-state index contributed by atoms with van der Waals surface area (Å²) in [6.07, 6.45) is 2.02. The summed E-state index contributed by atoms with van der Waals surface area (Å²) in [7, 11) is 1.82. The van der Waals surface area contributed by atoms with Gasteiger partial charge in [-0.1, -0.05) is 17.7 Å². The van der Waals surface area contributed by atoms with Gasteiger partial charge in [-0.25, -0.2) is 4.98 Å². The molecule has 2 heterocycles. The minimum atomic E-state index is 0. The van der Waals surface area contributed by atoms with Crippen LogP contribution in [0.15, 0.2) is 34.6 Å². The molecule has 0 amide bonds. The van der Waals surface area contributed by atoms with E-state index in [9.17, 15) is 0 Å². The Hall–Kier alpha value is -1.10. The molecule has 1 aromatic carbocycles. The first kappa shape index (κ1) is 25.2. The van der Waals surface area contributed by atoms with Crippen LogP contribution in [0.1, 0.15) is 17.1 Å². The zero-order valence-electron chi connectivity index (χ0n) is 17.7. The van der Waals surface area contributed by atoms with E-state index >= 15 is 0 Å². The molecule has 0 radical (unpaired) electrons. The van der Waals surface area contributed by atoms with Gasteiger partial charge in [0.1, 0.15) is 0 Å². The molecule has 1 aliphatic rings. The number of thiazole rings is 1. The summed E-state index contributed by atoms with van der Waals surface area (Å²) >= 11 is 7.82. The number of rotatable bonds is 8. The zero-order valence-corrected chi connectivity index (χ0v) is 21.6. The second kappa shape index (κ2) is 13.3. The van der Waals surface area contributed by atoms with Crippen LogP contribution >= 0.6 is 46.9 Å². The monoisotopic (exact) mass is 562 g/mol. The number of benzene rings is 1. The van der Waals surface area contributed by atoms with Gasteiger partial charge in [0.05, 0.1) is 10.7 Å². The summed E-state index contributed by atoms with van der Waals surface area (Å²) < 4.78 is 0. The molecular formula is C21H32ClIN6S. The van der Waals surface area contributed by atoms with Gasteiger partial charge in [-0.15, -0.1) is 35.3 Å². The van der Waals surface area contributed by atoms with Crippen LogP contribution in [-0.2, 0) is 6.42 Å². The third-order valence-electron chi connectivity index (χ3n) is 5.05. The Morgan fingerprint density at radius 1 is 1.20 bits per heavy atom. The normalized spacial score (nSPS) is 15.0. The van der Waals surface area contributed by atoms with Gasteiger partial charge in [-0.05, 0) is 38.1 Å². The minimum absolute atomic E-state index is 0. The third kappa shape index (κ3) is 8.20. The van der Waals surface area contributed by atoms with E-state index in [0.717, 1.165) is 80.3 Å². The largest absolute Gasteiger partial charge is 0.369 e. The van der Waals surface area contributed by atoms with Gasteiger partial charge in [0.25, 0.3) is 0 Å². The van der Waals surface area contributed by atoms with Crippen molar-refractivity contribution in [2.24, 2.45) is 4.99 Å². The number of halogens is 2. The van der Waals surface area contributed by atoms with Crippen molar-refractivity contribution in [3.8, 4) is 0 Å². The maximum atomic E-state index is 6.12. The molecule has 9 heteroatoms. The highest BCUT2D eigenvalue weighted by molar-refractivity contribution is 14.0. The fourth-order valence-electron chi connectivity index (χ4n) is 3.46. The molecule has 0 spiro atoms. The van der Waals surface area contributed by atoms with Gasteiger partial charge < -0.3 is 15.5 Å². The molecule has 1 fully saturated rings. The van der Waals surface area contributed by atoms with Crippen molar-refractivity contribution in [3.05, 3.63) is 45.4 Å². The lowest BCUT2D eigenvalue weighted by Gasteiger charge is -2.36. The molecule has 2 aromatic rings. The van der Waals surface area contributed by atoms with Crippen molar-refractivity contribution < 1.29 is 0 Å². The van der Waals surface area contributed by atoms with Crippen LogP contribution in [-0.4, -0.2) is 68.7 Å². The van der Waals surface area contributed by atoms with Crippen LogP contribution in [0.25, 0.3) is 0 Å². The van der Waals surface area contributed by atoms with E-state index in [1.807, 2.05) is 26.1 Å². The molecule has 0 atom stereocenters. The predicted octanol–water partition coefficient (Wildman–Crippen LogP) is 3.64. The van der Waals surface area contributed by atoms with Gasteiger partial charge in [0, 0.05) is 68.8 Å². The number of nitrogens with zero attached hydrogens (tertiary/aromatic N) is 4. The Balaban J connectivity index is 0.00000320. The summed E-state index contributed by atoms with van der Waals surface area (Å²) in [5.41, 5.74) is 2.37. The number of hydrogen-bond donors (Lipinski definition) is 2. The quantitative estimate of drug-likeness (QED) is 0.223. The molecule has 0 bridgehead atoms. The van der Waals surface area contributed by atoms with Crippen molar-refractivity contribution in [2.45, 2.75) is 19.8 Å². The highest BCUT2D eigenvalue weighted by Gasteiger charge is 2.16. The molecule has 1 aliphatic heterocycles. The molecule has 0 aliphatic carbocycles. The summed E-state index contributed by atoms with van der Waals surface area (Å²) in [5, 5.41) is 10.8. The van der Waals surface area contributed by atoms with Gasteiger partial charge in [-0.2, -0.15) is 0 Å². The van der Waals surface area contributed by atoms with Gasteiger partial charge in [0.15, 0.2) is 5.96 Å². The molecular weight excluding hydrogens is 531 g/mol. The molecule has 166 valence electrons. The fraction of sp³-hybridized carbons (Fsp3) is 0.524. The number of aryl methyl sites for hydroxylation is 1. The molecule has 0 saturated carbocycles. The van der Waals surface area contributed by atoms with Crippen molar-refractivity contribution in [3.63, 3.8) is 0 Å². The predicted molar refractivity (Wildman–Crippen MR) is 140 cm³/mol. The SMILES string of the molecule is CN=C(NCCCN1CCN(c2cccc(Cl)c2)CC1)NCCc1csc(C)n1.I. The maximum absolute atomic E-state index is 6.12. The maximum Gasteiger partial charge on any atom is 0.190 e. The summed E-state index contributed by atoms with van der Waals surface area (Å²) in [6.45, 7) is 9.18. The Morgan fingerprint density at radius 2 is 1.97 bits per heavy atom. The van der Waals surface area contributed by atoms with Crippen LogP contribution < -0.4 is 15.5 Å². The Bertz CT molecular complexity index is 791. The smallest absolute Gasteiger partial charge is 0.190 e. The van der Waals surface area contributed by atoms with Crippen LogP contribution in [0.5, 0.6) is 0 Å². The standard InChI is InChI=1S/C21H31ClN6S.HI/c1-17-26-19(16-29-17)7-9-25-21(23-2)24-8-4-10-27-11-13-28(14-12-27)20-6-3-5-18(22)15-20;/h3,5-6,15-16H,4,7-14H2,1-2H3,(H2,23,24,25);1H. The van der Waals surface area contributed by atoms with Gasteiger partial charge >= 0.3 is 0 Å². The molecule has 1 saturated heterocycles. The molecule has 30 heavy (non-hydrogen) atoms. The van der Waals surface area contributed by atoms with Crippen LogP contribution in [0, 0.1) is 6.92 Å². The molecule has 6 nitrogen and oxygen atoms in total. The number of hydrogen-bond acceptors (Lipinski definition) is 5. The summed E-state index contributed by atoms with van der Waals surface area (Å²) in [6, 6.07) is 8.14. The number of aromatic nitrogens is 1. The summed E-state index contributed by atoms with van der Waals surface area (Å²) in [5.74, 6) is 0.864. The van der Waals surface area contributed by atoms with Crippen molar-refractivity contribution in [1.82, 2.24) is 20.5 Å². The topological polar surface area (TPSA) is 55.8 Å². The van der Waals surface area contributed by atoms with Crippen LogP contribution in [0.3, 0.4) is 0 Å². The average Bonchev–Trinajstić information content (AvgIpc) is 3.15. The van der Waals surface area contributed by atoms with Crippen molar-refractivity contribution in [1.29, 1.82) is 0 Å². The number of nitrogens with one attached hydrogen (secondary N) is 2.